The van der Waals surface area contributed by atoms with Crippen LogP contribution in [-0.4, -0.2) is 21.6 Å². The third kappa shape index (κ3) is 2.99. The van der Waals surface area contributed by atoms with Crippen LogP contribution in [0.4, 0.5) is 24.7 Å². The van der Waals surface area contributed by atoms with Crippen molar-refractivity contribution in [2.45, 2.75) is 24.6 Å². The molecule has 6 nitrogen and oxygen atoms in total. The third-order valence-corrected chi connectivity index (χ3v) is 5.91. The Morgan fingerprint density at radius 3 is 2.52 bits per heavy atom. The second-order valence-corrected chi connectivity index (χ2v) is 7.97. The van der Waals surface area contributed by atoms with Gasteiger partial charge in [-0.2, -0.15) is 18.3 Å². The number of carbonyl (C=O) groups excluding carboxylic acids is 2. The number of aromatic nitrogens is 2. The molecule has 2 amide bonds. The van der Waals surface area contributed by atoms with Gasteiger partial charge in [-0.05, 0) is 41.5 Å². The number of hydrogen-bond acceptors (Lipinski definition) is 3. The molecule has 2 aliphatic rings. The number of benzene rings is 2. The molecule has 0 aliphatic carbocycles. The highest BCUT2D eigenvalue weighted by Crippen LogP contribution is 2.50. The average Bonchev–Trinajstić information content (AvgIpc) is 3.22. The van der Waals surface area contributed by atoms with Gasteiger partial charge in [-0.1, -0.05) is 23.7 Å². The highest BCUT2D eigenvalue weighted by Gasteiger charge is 2.54. The maximum Gasteiger partial charge on any atom is 0.416 e. The van der Waals surface area contributed by atoms with Crippen LogP contribution in [0, 0.1) is 0 Å². The summed E-state index contributed by atoms with van der Waals surface area (Å²) in [6.07, 6.45) is -3.02. The van der Waals surface area contributed by atoms with Gasteiger partial charge in [-0.15, -0.1) is 0 Å². The highest BCUT2D eigenvalue weighted by molar-refractivity contribution is 6.31. The summed E-state index contributed by atoms with van der Waals surface area (Å²) in [6.45, 7) is 0.119. The molecule has 0 unspecified atom stereocenters. The molecule has 2 N–H and O–H groups in total. The highest BCUT2D eigenvalue weighted by atomic mass is 35.5. The number of alkyl halides is 3. The summed E-state index contributed by atoms with van der Waals surface area (Å²) in [5.74, 6) is -0.390. The molecule has 10 heteroatoms. The zero-order valence-corrected chi connectivity index (χ0v) is 16.5. The van der Waals surface area contributed by atoms with Crippen molar-refractivity contribution in [1.29, 1.82) is 0 Å². The van der Waals surface area contributed by atoms with Gasteiger partial charge in [-0.3, -0.25) is 9.59 Å². The number of nitrogens with zero attached hydrogens (tertiary/aromatic N) is 2. The van der Waals surface area contributed by atoms with E-state index in [9.17, 15) is 22.8 Å². The Morgan fingerprint density at radius 2 is 1.81 bits per heavy atom. The third-order valence-electron chi connectivity index (χ3n) is 5.67. The Bertz CT molecular complexity index is 1240. The Morgan fingerprint density at radius 1 is 1.06 bits per heavy atom. The van der Waals surface area contributed by atoms with Crippen molar-refractivity contribution in [3.05, 3.63) is 75.9 Å². The van der Waals surface area contributed by atoms with Gasteiger partial charge in [0.1, 0.15) is 11.2 Å². The quantitative estimate of drug-likeness (QED) is 0.620. The van der Waals surface area contributed by atoms with Gasteiger partial charge < -0.3 is 10.6 Å². The molecule has 2 aliphatic heterocycles. The number of halogens is 4. The first kappa shape index (κ1) is 19.6. The minimum atomic E-state index is -4.42. The minimum Gasteiger partial charge on any atom is -0.325 e. The molecule has 3 aromatic rings. The fraction of sp³-hybridized carbons (Fsp3) is 0.190. The van der Waals surface area contributed by atoms with Crippen molar-refractivity contribution in [3.8, 4) is 0 Å². The van der Waals surface area contributed by atoms with Gasteiger partial charge in [-0.25, -0.2) is 4.68 Å². The molecular weight excluding hydrogens is 433 g/mol. The van der Waals surface area contributed by atoms with Crippen molar-refractivity contribution < 1.29 is 22.8 Å². The number of hydrogen-bond donors (Lipinski definition) is 2. The Balaban J connectivity index is 1.57. The molecule has 1 aromatic heterocycles. The van der Waals surface area contributed by atoms with E-state index in [1.54, 1.807) is 18.2 Å². The standard InChI is InChI=1S/C21H14ClF3N4O2/c22-13-5-6-16-14(7-13)20(19(31)27-16)8-17(30)28-18-15(20)9-26-29(18)10-11-1-3-12(4-2-11)21(23,24)25/h1-7,9H,8,10H2,(H,27,31)(H,28,30)/t20-/m1/s1. The number of carbonyl (C=O) groups is 2. The summed E-state index contributed by atoms with van der Waals surface area (Å²) < 4.78 is 39.9. The monoisotopic (exact) mass is 446 g/mol. The molecule has 1 atom stereocenters. The maximum atomic E-state index is 13.0. The molecule has 31 heavy (non-hydrogen) atoms. The molecule has 0 fully saturated rings. The zero-order valence-electron chi connectivity index (χ0n) is 15.8. The van der Waals surface area contributed by atoms with Gasteiger partial charge in [0.05, 0.1) is 18.3 Å². The van der Waals surface area contributed by atoms with Crippen LogP contribution < -0.4 is 10.6 Å². The predicted octanol–water partition coefficient (Wildman–Crippen LogP) is 4.18. The lowest BCUT2D eigenvalue weighted by atomic mass is 9.72. The summed E-state index contributed by atoms with van der Waals surface area (Å²) in [4.78, 5) is 25.6. The van der Waals surface area contributed by atoms with E-state index in [1.165, 1.54) is 23.0 Å². The van der Waals surface area contributed by atoms with Crippen LogP contribution in [0.1, 0.15) is 28.7 Å². The first-order valence-electron chi connectivity index (χ1n) is 9.32. The van der Waals surface area contributed by atoms with Gasteiger partial charge in [0.2, 0.25) is 11.8 Å². The van der Waals surface area contributed by atoms with Crippen LogP contribution in [0.2, 0.25) is 5.02 Å². The van der Waals surface area contributed by atoms with Gasteiger partial charge in [0.25, 0.3) is 0 Å². The molecule has 5 rings (SSSR count). The molecule has 0 radical (unpaired) electrons. The van der Waals surface area contributed by atoms with Crippen molar-refractivity contribution >= 4 is 34.9 Å². The lowest BCUT2D eigenvalue weighted by Crippen LogP contribution is -2.43. The van der Waals surface area contributed by atoms with Crippen LogP contribution in [0.3, 0.4) is 0 Å². The number of rotatable bonds is 2. The second kappa shape index (κ2) is 6.58. The average molecular weight is 447 g/mol. The molecule has 3 heterocycles. The van der Waals surface area contributed by atoms with E-state index in [-0.39, 0.29) is 24.8 Å². The van der Waals surface area contributed by atoms with E-state index in [2.05, 4.69) is 15.7 Å². The number of fused-ring (bicyclic) bond motifs is 4. The van der Waals surface area contributed by atoms with Gasteiger partial charge in [0, 0.05) is 22.7 Å². The van der Waals surface area contributed by atoms with Crippen molar-refractivity contribution in [3.63, 3.8) is 0 Å². The lowest BCUT2D eigenvalue weighted by molar-refractivity contribution is -0.137. The summed E-state index contributed by atoms with van der Waals surface area (Å²) >= 11 is 6.15. The molecule has 0 saturated carbocycles. The van der Waals surface area contributed by atoms with Crippen LogP contribution in [-0.2, 0) is 27.7 Å². The minimum absolute atomic E-state index is 0.106. The SMILES string of the molecule is O=C1C[C@]2(C(=O)Nc3ccc(Cl)cc32)c2cnn(Cc3ccc(C(F)(F)F)cc3)c2N1. The first-order valence-corrected chi connectivity index (χ1v) is 9.70. The number of anilines is 2. The smallest absolute Gasteiger partial charge is 0.325 e. The summed E-state index contributed by atoms with van der Waals surface area (Å²) in [5, 5.41) is 10.3. The lowest BCUT2D eigenvalue weighted by Gasteiger charge is -2.31. The molecular formula is C21H14ClF3N4O2. The van der Waals surface area contributed by atoms with E-state index < -0.39 is 17.2 Å². The number of amides is 2. The second-order valence-electron chi connectivity index (χ2n) is 7.53. The summed E-state index contributed by atoms with van der Waals surface area (Å²) in [5.41, 5.74) is 0.225. The van der Waals surface area contributed by atoms with E-state index in [0.29, 0.717) is 33.2 Å². The molecule has 0 bridgehead atoms. The number of nitrogens with one attached hydrogen (secondary N) is 2. The van der Waals surface area contributed by atoms with Gasteiger partial charge in [0.15, 0.2) is 0 Å². The molecule has 1 spiro atoms. The van der Waals surface area contributed by atoms with Gasteiger partial charge >= 0.3 is 6.18 Å². The van der Waals surface area contributed by atoms with E-state index in [1.807, 2.05) is 0 Å². The first-order chi connectivity index (χ1) is 14.7. The molecule has 158 valence electrons. The summed E-state index contributed by atoms with van der Waals surface area (Å²) in [7, 11) is 0. The van der Waals surface area contributed by atoms with E-state index in [4.69, 9.17) is 11.6 Å². The van der Waals surface area contributed by atoms with Crippen LogP contribution in [0.5, 0.6) is 0 Å². The molecule has 0 saturated heterocycles. The fourth-order valence-corrected chi connectivity index (χ4v) is 4.38. The Hall–Kier alpha value is -3.33. The van der Waals surface area contributed by atoms with E-state index >= 15 is 0 Å². The Labute approximate surface area is 179 Å². The normalized spacial score (nSPS) is 19.7. The Kier molecular flexibility index (Phi) is 4.17. The largest absolute Gasteiger partial charge is 0.416 e. The topological polar surface area (TPSA) is 76.0 Å². The van der Waals surface area contributed by atoms with Crippen LogP contribution in [0.15, 0.2) is 48.7 Å². The van der Waals surface area contributed by atoms with Crippen LogP contribution in [0.25, 0.3) is 0 Å². The summed E-state index contributed by atoms with van der Waals surface area (Å²) in [6, 6.07) is 9.69. The van der Waals surface area contributed by atoms with Crippen molar-refractivity contribution in [2.24, 2.45) is 0 Å². The zero-order chi connectivity index (χ0) is 22.0. The fourth-order valence-electron chi connectivity index (χ4n) is 4.21. The van der Waals surface area contributed by atoms with Crippen molar-refractivity contribution in [2.75, 3.05) is 10.6 Å². The predicted molar refractivity (Wildman–Crippen MR) is 107 cm³/mol. The van der Waals surface area contributed by atoms with E-state index in [0.717, 1.165) is 12.1 Å². The maximum absolute atomic E-state index is 13.0. The van der Waals surface area contributed by atoms with Crippen molar-refractivity contribution in [1.82, 2.24) is 9.78 Å². The van der Waals surface area contributed by atoms with Crippen LogP contribution >= 0.6 is 11.6 Å². The molecule has 2 aromatic carbocycles.